The molecule has 6 nitrogen and oxygen atoms in total. The third-order valence-electron chi connectivity index (χ3n) is 0.876. The van der Waals surface area contributed by atoms with Crippen LogP contribution in [0, 0.1) is 0 Å². The average molecular weight is 159 g/mol. The lowest BCUT2D eigenvalue weighted by Crippen LogP contribution is -2.18. The van der Waals surface area contributed by atoms with Crippen molar-refractivity contribution in [2.45, 2.75) is 5.25 Å². The van der Waals surface area contributed by atoms with E-state index in [1.807, 2.05) is 0 Å². The summed E-state index contributed by atoms with van der Waals surface area (Å²) >= 11 is 3.82. The molecule has 0 bridgehead atoms. The third kappa shape index (κ3) is 1.24. The lowest BCUT2D eigenvalue weighted by molar-refractivity contribution is -0.117. The van der Waals surface area contributed by atoms with Gasteiger partial charge in [0.15, 0.2) is 5.82 Å². The van der Waals surface area contributed by atoms with E-state index in [0.717, 1.165) is 0 Å². The van der Waals surface area contributed by atoms with E-state index in [1.54, 1.807) is 0 Å². The molecule has 0 fully saturated rings. The van der Waals surface area contributed by atoms with E-state index in [9.17, 15) is 4.79 Å². The van der Waals surface area contributed by atoms with Crippen LogP contribution in [0.5, 0.6) is 0 Å². The highest BCUT2D eigenvalue weighted by Crippen LogP contribution is 2.11. The van der Waals surface area contributed by atoms with Crippen molar-refractivity contribution < 1.29 is 4.79 Å². The number of aromatic amines is 1. The fraction of sp³-hybridized carbons (Fsp3) is 0.333. The summed E-state index contributed by atoms with van der Waals surface area (Å²) in [5, 5.41) is 11.7. The van der Waals surface area contributed by atoms with E-state index < -0.39 is 11.2 Å². The molecule has 0 saturated heterocycles. The monoisotopic (exact) mass is 159 g/mol. The van der Waals surface area contributed by atoms with Gasteiger partial charge in [0.25, 0.3) is 0 Å². The van der Waals surface area contributed by atoms with Crippen LogP contribution in [0.4, 0.5) is 0 Å². The number of H-pyrrole nitrogens is 1. The van der Waals surface area contributed by atoms with E-state index in [0.29, 0.717) is 0 Å². The molecule has 1 heterocycles. The number of carbonyl (C=O) groups excluding carboxylic acids is 1. The number of tetrazole rings is 1. The van der Waals surface area contributed by atoms with Crippen LogP contribution in [0.25, 0.3) is 0 Å². The van der Waals surface area contributed by atoms with Gasteiger partial charge in [-0.3, -0.25) is 4.79 Å². The van der Waals surface area contributed by atoms with Crippen LogP contribution in [0.1, 0.15) is 11.1 Å². The summed E-state index contributed by atoms with van der Waals surface area (Å²) < 4.78 is 0. The summed E-state index contributed by atoms with van der Waals surface area (Å²) in [5.74, 6) is -0.402. The van der Waals surface area contributed by atoms with Gasteiger partial charge in [-0.1, -0.05) is 5.21 Å². The molecule has 1 aromatic rings. The number of carbonyl (C=O) groups is 1. The first-order valence-corrected chi connectivity index (χ1v) is 2.94. The van der Waals surface area contributed by atoms with Crippen molar-refractivity contribution in [2.75, 3.05) is 0 Å². The summed E-state index contributed by atoms with van der Waals surface area (Å²) in [6.45, 7) is 0. The second kappa shape index (κ2) is 2.65. The maximum atomic E-state index is 10.4. The van der Waals surface area contributed by atoms with Gasteiger partial charge in [0.2, 0.25) is 5.91 Å². The second-order valence-electron chi connectivity index (χ2n) is 1.57. The Labute approximate surface area is 61.6 Å². The Kier molecular flexibility index (Phi) is 1.86. The van der Waals surface area contributed by atoms with Crippen molar-refractivity contribution in [1.29, 1.82) is 0 Å². The van der Waals surface area contributed by atoms with Crippen molar-refractivity contribution in [2.24, 2.45) is 5.73 Å². The Bertz CT molecular complexity index is 221. The summed E-state index contributed by atoms with van der Waals surface area (Å²) in [7, 11) is 0. The summed E-state index contributed by atoms with van der Waals surface area (Å²) in [6, 6.07) is 0. The lowest BCUT2D eigenvalue weighted by atomic mass is 10.4. The zero-order valence-corrected chi connectivity index (χ0v) is 5.75. The van der Waals surface area contributed by atoms with Crippen LogP contribution in [0.2, 0.25) is 0 Å². The maximum absolute atomic E-state index is 10.4. The van der Waals surface area contributed by atoms with Gasteiger partial charge in [-0.15, -0.1) is 10.2 Å². The molecular weight excluding hydrogens is 154 g/mol. The first kappa shape index (κ1) is 7.00. The van der Waals surface area contributed by atoms with Gasteiger partial charge in [-0.25, -0.2) is 0 Å². The molecule has 0 spiro atoms. The number of thiol groups is 1. The average Bonchev–Trinajstić information content (AvgIpc) is 2.36. The predicted molar refractivity (Wildman–Crippen MR) is 35.1 cm³/mol. The smallest absolute Gasteiger partial charge is 0.238 e. The Balaban J connectivity index is 2.77. The van der Waals surface area contributed by atoms with Gasteiger partial charge < -0.3 is 5.73 Å². The quantitative estimate of drug-likeness (QED) is 0.465. The highest BCUT2D eigenvalue weighted by molar-refractivity contribution is 7.81. The Hall–Kier alpha value is -1.11. The second-order valence-corrected chi connectivity index (χ2v) is 2.09. The normalized spacial score (nSPS) is 12.9. The molecule has 0 aliphatic heterocycles. The van der Waals surface area contributed by atoms with Crippen LogP contribution >= 0.6 is 12.6 Å². The topological polar surface area (TPSA) is 97.5 Å². The van der Waals surface area contributed by atoms with E-state index in [-0.39, 0.29) is 5.82 Å². The Morgan fingerprint density at radius 3 is 2.90 bits per heavy atom. The molecule has 1 aromatic heterocycles. The molecule has 0 aliphatic rings. The fourth-order valence-electron chi connectivity index (χ4n) is 0.413. The van der Waals surface area contributed by atoms with Crippen molar-refractivity contribution in [3.05, 3.63) is 5.82 Å². The zero-order chi connectivity index (χ0) is 7.56. The minimum Gasteiger partial charge on any atom is -0.368 e. The summed E-state index contributed by atoms with van der Waals surface area (Å²) in [5.41, 5.74) is 4.89. The number of hydrogen-bond acceptors (Lipinski definition) is 5. The van der Waals surface area contributed by atoms with E-state index in [2.05, 4.69) is 33.3 Å². The third-order valence-corrected chi connectivity index (χ3v) is 1.36. The Morgan fingerprint density at radius 2 is 2.50 bits per heavy atom. The van der Waals surface area contributed by atoms with Crippen LogP contribution < -0.4 is 5.73 Å². The van der Waals surface area contributed by atoms with E-state index in [1.165, 1.54) is 0 Å². The molecule has 0 saturated carbocycles. The minimum atomic E-state index is -0.779. The minimum absolute atomic E-state index is 0.191. The molecule has 1 amide bonds. The SMILES string of the molecule is NC(=O)C(S)c1nn[nH]n1. The van der Waals surface area contributed by atoms with Gasteiger partial charge in [-0.05, 0) is 0 Å². The van der Waals surface area contributed by atoms with Crippen LogP contribution in [0.3, 0.4) is 0 Å². The first-order chi connectivity index (χ1) is 4.72. The molecule has 0 radical (unpaired) electrons. The number of nitrogens with one attached hydrogen (secondary N) is 1. The molecule has 0 aliphatic carbocycles. The number of aromatic nitrogens is 4. The van der Waals surface area contributed by atoms with E-state index >= 15 is 0 Å². The molecular formula is C3H5N5OS. The fourth-order valence-corrected chi connectivity index (χ4v) is 0.522. The Morgan fingerprint density at radius 1 is 1.80 bits per heavy atom. The molecule has 3 N–H and O–H groups in total. The number of rotatable bonds is 2. The van der Waals surface area contributed by atoms with Gasteiger partial charge in [0.1, 0.15) is 5.25 Å². The summed E-state index contributed by atoms with van der Waals surface area (Å²) in [6.07, 6.45) is 0. The van der Waals surface area contributed by atoms with Crippen molar-refractivity contribution >= 4 is 18.5 Å². The highest BCUT2D eigenvalue weighted by atomic mass is 32.1. The number of amides is 1. The molecule has 1 unspecified atom stereocenters. The van der Waals surface area contributed by atoms with Gasteiger partial charge in [0.05, 0.1) is 0 Å². The van der Waals surface area contributed by atoms with Crippen LogP contribution in [0.15, 0.2) is 0 Å². The highest BCUT2D eigenvalue weighted by Gasteiger charge is 2.16. The molecule has 0 aromatic carbocycles. The molecule has 1 atom stereocenters. The van der Waals surface area contributed by atoms with Gasteiger partial charge in [0, 0.05) is 0 Å². The van der Waals surface area contributed by atoms with Crippen LogP contribution in [-0.2, 0) is 4.79 Å². The molecule has 1 rings (SSSR count). The number of nitrogens with two attached hydrogens (primary N) is 1. The lowest BCUT2D eigenvalue weighted by Gasteiger charge is -1.96. The number of hydrogen-bond donors (Lipinski definition) is 3. The van der Waals surface area contributed by atoms with Crippen molar-refractivity contribution in [1.82, 2.24) is 20.6 Å². The largest absolute Gasteiger partial charge is 0.368 e. The molecule has 54 valence electrons. The number of primary amides is 1. The predicted octanol–water partition coefficient (Wildman–Crippen LogP) is -1.34. The molecule has 10 heavy (non-hydrogen) atoms. The summed E-state index contributed by atoms with van der Waals surface area (Å²) in [4.78, 5) is 10.4. The van der Waals surface area contributed by atoms with E-state index in [4.69, 9.17) is 5.73 Å². The first-order valence-electron chi connectivity index (χ1n) is 2.42. The molecule has 7 heteroatoms. The zero-order valence-electron chi connectivity index (χ0n) is 4.85. The standard InChI is InChI=1S/C3H5N5OS/c4-2(9)1(10)3-5-7-8-6-3/h1,10H,(H2,4,9)(H,5,6,7,8). The van der Waals surface area contributed by atoms with Crippen molar-refractivity contribution in [3.8, 4) is 0 Å². The van der Waals surface area contributed by atoms with Gasteiger partial charge >= 0.3 is 0 Å². The van der Waals surface area contributed by atoms with Gasteiger partial charge in [-0.2, -0.15) is 17.8 Å². The maximum Gasteiger partial charge on any atom is 0.238 e. The van der Waals surface area contributed by atoms with Crippen molar-refractivity contribution in [3.63, 3.8) is 0 Å². The number of nitrogens with zero attached hydrogens (tertiary/aromatic N) is 3. The van der Waals surface area contributed by atoms with Crippen LogP contribution in [-0.4, -0.2) is 26.5 Å².